The second-order valence-electron chi connectivity index (χ2n) is 6.61. The van der Waals surface area contributed by atoms with Gasteiger partial charge < -0.3 is 14.2 Å². The maximum atomic E-state index is 6.53. The number of halogens is 2. The van der Waals surface area contributed by atoms with Crippen LogP contribution in [0.25, 0.3) is 16.6 Å². The predicted octanol–water partition coefficient (Wildman–Crippen LogP) is 5.63. The first-order valence-corrected chi connectivity index (χ1v) is 9.90. The van der Waals surface area contributed by atoms with Crippen LogP contribution in [0.2, 0.25) is 10.2 Å². The van der Waals surface area contributed by atoms with Gasteiger partial charge in [-0.25, -0.2) is 9.67 Å². The number of rotatable bonds is 6. The van der Waals surface area contributed by atoms with E-state index in [0.29, 0.717) is 34.0 Å². The quantitative estimate of drug-likeness (QED) is 0.361. The highest BCUT2D eigenvalue weighted by molar-refractivity contribution is 6.32. The fourth-order valence-electron chi connectivity index (χ4n) is 3.16. The molecule has 0 aliphatic heterocycles. The molecule has 2 aromatic heterocycles. The highest BCUT2D eigenvalue weighted by Crippen LogP contribution is 2.37. The number of hydrogen-bond donors (Lipinski definition) is 0. The van der Waals surface area contributed by atoms with Crippen molar-refractivity contribution < 1.29 is 14.2 Å². The highest BCUT2D eigenvalue weighted by Gasteiger charge is 2.17. The van der Waals surface area contributed by atoms with Gasteiger partial charge in [0.2, 0.25) is 0 Å². The summed E-state index contributed by atoms with van der Waals surface area (Å²) < 4.78 is 18.5. The SMILES string of the molecule is COc1ccc(COc2cc(OC)c(-n3nc(C)c4cnc(Cl)cc43)cc2Cl)cc1. The Morgan fingerprint density at radius 1 is 0.967 bits per heavy atom. The summed E-state index contributed by atoms with van der Waals surface area (Å²) in [5.41, 5.74) is 3.31. The van der Waals surface area contributed by atoms with Crippen LogP contribution in [0.1, 0.15) is 11.3 Å². The Labute approximate surface area is 183 Å². The molecule has 0 bridgehead atoms. The van der Waals surface area contributed by atoms with Crippen molar-refractivity contribution in [3.05, 3.63) is 70.1 Å². The lowest BCUT2D eigenvalue weighted by atomic mass is 10.2. The topological polar surface area (TPSA) is 58.4 Å². The molecule has 0 N–H and O–H groups in total. The molecule has 0 aliphatic rings. The standard InChI is InChI=1S/C22H19Cl2N3O3/c1-13-16-11-25-22(24)9-18(16)27(26-13)19-8-17(23)20(10-21(19)29-3)30-12-14-4-6-15(28-2)7-5-14/h4-11H,12H2,1-3H3. The van der Waals surface area contributed by atoms with E-state index < -0.39 is 0 Å². The van der Waals surface area contributed by atoms with Gasteiger partial charge in [-0.1, -0.05) is 35.3 Å². The van der Waals surface area contributed by atoms with Crippen molar-refractivity contribution in [2.75, 3.05) is 14.2 Å². The molecular weight excluding hydrogens is 425 g/mol. The van der Waals surface area contributed by atoms with Gasteiger partial charge in [0.15, 0.2) is 0 Å². The van der Waals surface area contributed by atoms with Gasteiger partial charge in [0.1, 0.15) is 34.7 Å². The van der Waals surface area contributed by atoms with E-state index in [0.717, 1.165) is 27.9 Å². The third kappa shape index (κ3) is 3.88. The molecular formula is C22H19Cl2N3O3. The molecule has 4 rings (SSSR count). The zero-order valence-electron chi connectivity index (χ0n) is 16.6. The van der Waals surface area contributed by atoms with Gasteiger partial charge in [-0.2, -0.15) is 5.10 Å². The number of methoxy groups -OCH3 is 2. The van der Waals surface area contributed by atoms with Gasteiger partial charge >= 0.3 is 0 Å². The molecule has 0 aliphatic carbocycles. The Hall–Kier alpha value is -2.96. The normalized spacial score (nSPS) is 11.0. The number of benzene rings is 2. The number of ether oxygens (including phenoxy) is 3. The van der Waals surface area contributed by atoms with Gasteiger partial charge in [0.25, 0.3) is 0 Å². The second-order valence-corrected chi connectivity index (χ2v) is 7.41. The molecule has 0 unspecified atom stereocenters. The van der Waals surface area contributed by atoms with Crippen LogP contribution < -0.4 is 14.2 Å². The molecule has 2 heterocycles. The summed E-state index contributed by atoms with van der Waals surface area (Å²) in [7, 11) is 3.22. The second kappa shape index (κ2) is 8.42. The van der Waals surface area contributed by atoms with E-state index in [1.807, 2.05) is 31.2 Å². The maximum Gasteiger partial charge on any atom is 0.148 e. The van der Waals surface area contributed by atoms with Crippen molar-refractivity contribution >= 4 is 34.1 Å². The summed E-state index contributed by atoms with van der Waals surface area (Å²) in [4.78, 5) is 4.14. The molecule has 0 atom stereocenters. The van der Waals surface area contributed by atoms with Gasteiger partial charge in [0, 0.05) is 23.7 Å². The van der Waals surface area contributed by atoms with E-state index >= 15 is 0 Å². The van der Waals surface area contributed by atoms with E-state index in [1.54, 1.807) is 43.3 Å². The van der Waals surface area contributed by atoms with Gasteiger partial charge in [-0.05, 0) is 30.7 Å². The van der Waals surface area contributed by atoms with Crippen molar-refractivity contribution in [2.24, 2.45) is 0 Å². The van der Waals surface area contributed by atoms with Gasteiger partial charge in [-0.3, -0.25) is 0 Å². The number of aryl methyl sites for hydroxylation is 1. The summed E-state index contributed by atoms with van der Waals surface area (Å²) in [5.74, 6) is 1.88. The summed E-state index contributed by atoms with van der Waals surface area (Å²) in [6.07, 6.45) is 1.71. The van der Waals surface area contributed by atoms with Crippen LogP contribution in [-0.4, -0.2) is 29.0 Å². The largest absolute Gasteiger partial charge is 0.497 e. The van der Waals surface area contributed by atoms with Gasteiger partial charge in [-0.15, -0.1) is 0 Å². The lowest BCUT2D eigenvalue weighted by molar-refractivity contribution is 0.303. The predicted molar refractivity (Wildman–Crippen MR) is 118 cm³/mol. The molecule has 0 saturated heterocycles. The molecule has 0 amide bonds. The zero-order valence-corrected chi connectivity index (χ0v) is 18.2. The number of pyridine rings is 1. The summed E-state index contributed by atoms with van der Waals surface area (Å²) in [6, 6.07) is 12.9. The molecule has 6 nitrogen and oxygen atoms in total. The van der Waals surface area contributed by atoms with Crippen LogP contribution in [0.3, 0.4) is 0 Å². The number of aromatic nitrogens is 3. The van der Waals surface area contributed by atoms with Crippen molar-refractivity contribution in [1.29, 1.82) is 0 Å². The van der Waals surface area contributed by atoms with Crippen molar-refractivity contribution in [2.45, 2.75) is 13.5 Å². The van der Waals surface area contributed by atoms with Crippen LogP contribution in [0.5, 0.6) is 17.2 Å². The lowest BCUT2D eigenvalue weighted by Crippen LogP contribution is -2.02. The fraction of sp³-hybridized carbons (Fsp3) is 0.182. The molecule has 4 aromatic rings. The molecule has 30 heavy (non-hydrogen) atoms. The Bertz CT molecular complexity index is 1210. The lowest BCUT2D eigenvalue weighted by Gasteiger charge is -2.14. The van der Waals surface area contributed by atoms with Gasteiger partial charge in [0.05, 0.1) is 30.5 Å². The third-order valence-corrected chi connectivity index (χ3v) is 5.23. The molecule has 0 spiro atoms. The summed E-state index contributed by atoms with van der Waals surface area (Å²) >= 11 is 12.6. The van der Waals surface area contributed by atoms with Crippen LogP contribution in [0, 0.1) is 6.92 Å². The van der Waals surface area contributed by atoms with E-state index in [-0.39, 0.29) is 0 Å². The maximum absolute atomic E-state index is 6.53. The van der Waals surface area contributed by atoms with Crippen LogP contribution in [-0.2, 0) is 6.61 Å². The first-order valence-electron chi connectivity index (χ1n) is 9.14. The molecule has 0 fully saturated rings. The smallest absolute Gasteiger partial charge is 0.148 e. The summed E-state index contributed by atoms with van der Waals surface area (Å²) in [5, 5.41) is 6.35. The first kappa shape index (κ1) is 20.3. The Morgan fingerprint density at radius 3 is 2.43 bits per heavy atom. The Balaban J connectivity index is 1.68. The highest BCUT2D eigenvalue weighted by atomic mass is 35.5. The molecule has 0 radical (unpaired) electrons. The van der Waals surface area contributed by atoms with Crippen LogP contribution in [0.15, 0.2) is 48.7 Å². The minimum Gasteiger partial charge on any atom is -0.497 e. The fourth-order valence-corrected chi connectivity index (χ4v) is 3.53. The molecule has 2 aromatic carbocycles. The number of fused-ring (bicyclic) bond motifs is 1. The Kier molecular flexibility index (Phi) is 5.70. The first-order chi connectivity index (χ1) is 14.5. The van der Waals surface area contributed by atoms with Crippen LogP contribution >= 0.6 is 23.2 Å². The van der Waals surface area contributed by atoms with Crippen molar-refractivity contribution in [3.63, 3.8) is 0 Å². The van der Waals surface area contributed by atoms with E-state index in [9.17, 15) is 0 Å². The zero-order chi connectivity index (χ0) is 21.3. The van der Waals surface area contributed by atoms with Crippen molar-refractivity contribution in [3.8, 4) is 22.9 Å². The monoisotopic (exact) mass is 443 g/mol. The number of nitrogens with zero attached hydrogens (tertiary/aromatic N) is 3. The van der Waals surface area contributed by atoms with Crippen molar-refractivity contribution in [1.82, 2.24) is 14.8 Å². The number of hydrogen-bond acceptors (Lipinski definition) is 5. The van der Waals surface area contributed by atoms with E-state index in [1.165, 1.54) is 0 Å². The van der Waals surface area contributed by atoms with E-state index in [4.69, 9.17) is 37.4 Å². The van der Waals surface area contributed by atoms with E-state index in [2.05, 4.69) is 10.1 Å². The average Bonchev–Trinajstić information content (AvgIpc) is 3.08. The summed E-state index contributed by atoms with van der Waals surface area (Å²) in [6.45, 7) is 2.27. The minimum absolute atomic E-state index is 0.358. The Morgan fingerprint density at radius 2 is 1.73 bits per heavy atom. The average molecular weight is 444 g/mol. The minimum atomic E-state index is 0.358. The molecule has 8 heteroatoms. The molecule has 0 saturated carbocycles. The van der Waals surface area contributed by atoms with Crippen LogP contribution in [0.4, 0.5) is 0 Å². The molecule has 154 valence electrons. The third-order valence-electron chi connectivity index (χ3n) is 4.73.